The number of fused-ring (bicyclic) bond motifs is 1. The number of aryl methyl sites for hydroxylation is 1. The van der Waals surface area contributed by atoms with Crippen LogP contribution in [-0.4, -0.2) is 37.5 Å². The lowest BCUT2D eigenvalue weighted by Gasteiger charge is -2.27. The largest absolute Gasteiger partial charge is 0.356 e. The van der Waals surface area contributed by atoms with Crippen LogP contribution in [0.1, 0.15) is 52.9 Å². The minimum atomic E-state index is -0.341. The number of imidazole rings is 1. The molecule has 0 radical (unpaired) electrons. The summed E-state index contributed by atoms with van der Waals surface area (Å²) in [5, 5.41) is 6.52. The molecule has 0 bridgehead atoms. The van der Waals surface area contributed by atoms with E-state index in [4.69, 9.17) is 0 Å². The summed E-state index contributed by atoms with van der Waals surface area (Å²) in [6, 6.07) is -0.0409. The van der Waals surface area contributed by atoms with Crippen molar-refractivity contribution in [2.24, 2.45) is 5.92 Å². The maximum atomic E-state index is 12.8. The number of rotatable bonds is 6. The van der Waals surface area contributed by atoms with Crippen LogP contribution in [0.5, 0.6) is 0 Å². The Bertz CT molecular complexity index is 719. The standard InChI is InChI=1S/C18H28N6O/c1-4-24-11-21-15-16(19-10-20-17(15)24)23-14(12(2)3)18(25)22-13-8-6-5-7-9-13/h10-14H,4-9H2,1-3H3,(H,22,25)(H,19,20,23)/t14-/m0/s1. The Morgan fingerprint density at radius 3 is 2.68 bits per heavy atom. The van der Waals surface area contributed by atoms with Gasteiger partial charge < -0.3 is 15.2 Å². The molecule has 2 N–H and O–H groups in total. The summed E-state index contributed by atoms with van der Waals surface area (Å²) in [4.78, 5) is 25.9. The third-order valence-electron chi connectivity index (χ3n) is 4.93. The molecular formula is C18H28N6O. The van der Waals surface area contributed by atoms with Crippen LogP contribution >= 0.6 is 0 Å². The van der Waals surface area contributed by atoms with E-state index in [9.17, 15) is 4.79 Å². The summed E-state index contributed by atoms with van der Waals surface area (Å²) in [5.41, 5.74) is 1.50. The maximum Gasteiger partial charge on any atom is 0.243 e. The predicted octanol–water partition coefficient (Wildman–Crippen LogP) is 2.73. The number of carbonyl (C=O) groups is 1. The molecule has 7 heteroatoms. The van der Waals surface area contributed by atoms with E-state index in [-0.39, 0.29) is 17.9 Å². The van der Waals surface area contributed by atoms with Gasteiger partial charge >= 0.3 is 0 Å². The van der Waals surface area contributed by atoms with E-state index in [1.165, 1.54) is 25.6 Å². The minimum Gasteiger partial charge on any atom is -0.356 e. The van der Waals surface area contributed by atoms with Crippen LogP contribution in [0.2, 0.25) is 0 Å². The Hall–Kier alpha value is -2.18. The van der Waals surface area contributed by atoms with Crippen molar-refractivity contribution in [2.75, 3.05) is 5.32 Å². The highest BCUT2D eigenvalue weighted by molar-refractivity contribution is 5.89. The van der Waals surface area contributed by atoms with Gasteiger partial charge in [0.05, 0.1) is 6.33 Å². The second kappa shape index (κ2) is 7.80. The molecule has 136 valence electrons. The van der Waals surface area contributed by atoms with Crippen LogP contribution in [0.3, 0.4) is 0 Å². The molecule has 1 amide bonds. The average molecular weight is 344 g/mol. The first-order valence-corrected chi connectivity index (χ1v) is 9.33. The number of hydrogen-bond acceptors (Lipinski definition) is 5. The van der Waals surface area contributed by atoms with Gasteiger partial charge in [-0.15, -0.1) is 0 Å². The zero-order valence-corrected chi connectivity index (χ0v) is 15.3. The summed E-state index contributed by atoms with van der Waals surface area (Å²) >= 11 is 0. The molecule has 0 aromatic carbocycles. The van der Waals surface area contributed by atoms with E-state index >= 15 is 0 Å². The Labute approximate surface area is 148 Å². The van der Waals surface area contributed by atoms with Gasteiger partial charge in [0.1, 0.15) is 17.9 Å². The van der Waals surface area contributed by atoms with Gasteiger partial charge in [0.25, 0.3) is 0 Å². The molecule has 0 aliphatic heterocycles. The molecule has 0 saturated heterocycles. The second-order valence-electron chi connectivity index (χ2n) is 7.13. The van der Waals surface area contributed by atoms with E-state index in [0.717, 1.165) is 25.0 Å². The third kappa shape index (κ3) is 3.91. The Morgan fingerprint density at radius 2 is 2.00 bits per heavy atom. The lowest BCUT2D eigenvalue weighted by Crippen LogP contribution is -2.47. The molecule has 1 atom stereocenters. The second-order valence-corrected chi connectivity index (χ2v) is 7.13. The van der Waals surface area contributed by atoms with Crippen molar-refractivity contribution in [2.45, 2.75) is 71.5 Å². The van der Waals surface area contributed by atoms with Crippen molar-refractivity contribution in [3.8, 4) is 0 Å². The monoisotopic (exact) mass is 344 g/mol. The number of hydrogen-bond donors (Lipinski definition) is 2. The number of carbonyl (C=O) groups excluding carboxylic acids is 1. The van der Waals surface area contributed by atoms with Crippen molar-refractivity contribution < 1.29 is 4.79 Å². The fraction of sp³-hybridized carbons (Fsp3) is 0.667. The molecule has 0 spiro atoms. The van der Waals surface area contributed by atoms with Crippen LogP contribution in [0.25, 0.3) is 11.2 Å². The smallest absolute Gasteiger partial charge is 0.243 e. The summed E-state index contributed by atoms with van der Waals surface area (Å²) in [5.74, 6) is 0.806. The van der Waals surface area contributed by atoms with Gasteiger partial charge in [-0.25, -0.2) is 15.0 Å². The summed E-state index contributed by atoms with van der Waals surface area (Å²) < 4.78 is 1.97. The Kier molecular flexibility index (Phi) is 5.50. The van der Waals surface area contributed by atoms with E-state index in [2.05, 4.69) is 25.6 Å². The fourth-order valence-corrected chi connectivity index (χ4v) is 3.44. The average Bonchev–Trinajstić information content (AvgIpc) is 3.04. The van der Waals surface area contributed by atoms with Gasteiger partial charge in [-0.2, -0.15) is 0 Å². The van der Waals surface area contributed by atoms with Crippen molar-refractivity contribution in [1.82, 2.24) is 24.8 Å². The predicted molar refractivity (Wildman–Crippen MR) is 98.3 cm³/mol. The quantitative estimate of drug-likeness (QED) is 0.842. The molecule has 1 saturated carbocycles. The first kappa shape index (κ1) is 17.6. The Morgan fingerprint density at radius 1 is 1.24 bits per heavy atom. The maximum absolute atomic E-state index is 12.8. The van der Waals surface area contributed by atoms with Crippen molar-refractivity contribution in [1.29, 1.82) is 0 Å². The normalized spacial score (nSPS) is 17.0. The van der Waals surface area contributed by atoms with E-state index < -0.39 is 0 Å². The van der Waals surface area contributed by atoms with Gasteiger partial charge in [0.15, 0.2) is 11.5 Å². The number of aromatic nitrogens is 4. The number of amides is 1. The molecule has 1 fully saturated rings. The highest BCUT2D eigenvalue weighted by atomic mass is 16.2. The van der Waals surface area contributed by atoms with E-state index in [1.807, 2.05) is 25.3 Å². The highest BCUT2D eigenvalue weighted by Crippen LogP contribution is 2.21. The van der Waals surface area contributed by atoms with E-state index in [1.54, 1.807) is 6.33 Å². The molecule has 2 aromatic heterocycles. The van der Waals surface area contributed by atoms with Gasteiger partial charge in [-0.3, -0.25) is 4.79 Å². The number of anilines is 1. The molecule has 2 heterocycles. The van der Waals surface area contributed by atoms with Gasteiger partial charge in [0.2, 0.25) is 5.91 Å². The molecule has 2 aromatic rings. The summed E-state index contributed by atoms with van der Waals surface area (Å²) in [7, 11) is 0. The third-order valence-corrected chi connectivity index (χ3v) is 4.93. The summed E-state index contributed by atoms with van der Waals surface area (Å²) in [6.45, 7) is 6.93. The molecule has 25 heavy (non-hydrogen) atoms. The van der Waals surface area contributed by atoms with Crippen LogP contribution in [0, 0.1) is 5.92 Å². The first-order chi connectivity index (χ1) is 12.1. The zero-order valence-electron chi connectivity index (χ0n) is 15.3. The van der Waals surface area contributed by atoms with Gasteiger partial charge in [-0.05, 0) is 25.7 Å². The fourth-order valence-electron chi connectivity index (χ4n) is 3.44. The van der Waals surface area contributed by atoms with E-state index in [0.29, 0.717) is 17.4 Å². The summed E-state index contributed by atoms with van der Waals surface area (Å²) in [6.07, 6.45) is 9.12. The van der Waals surface area contributed by atoms with Gasteiger partial charge in [-0.1, -0.05) is 33.1 Å². The van der Waals surface area contributed by atoms with Crippen molar-refractivity contribution in [3.63, 3.8) is 0 Å². The van der Waals surface area contributed by atoms with Crippen molar-refractivity contribution >= 4 is 22.9 Å². The first-order valence-electron chi connectivity index (χ1n) is 9.33. The van der Waals surface area contributed by atoms with Crippen LogP contribution in [-0.2, 0) is 11.3 Å². The molecule has 7 nitrogen and oxygen atoms in total. The molecule has 1 aliphatic carbocycles. The molecule has 3 rings (SSSR count). The van der Waals surface area contributed by atoms with Crippen LogP contribution in [0.4, 0.5) is 5.82 Å². The molecular weight excluding hydrogens is 316 g/mol. The number of nitrogens with one attached hydrogen (secondary N) is 2. The lowest BCUT2D eigenvalue weighted by atomic mass is 9.94. The van der Waals surface area contributed by atoms with Crippen molar-refractivity contribution in [3.05, 3.63) is 12.7 Å². The zero-order chi connectivity index (χ0) is 17.8. The minimum absolute atomic E-state index is 0.0450. The number of nitrogens with zero attached hydrogens (tertiary/aromatic N) is 4. The topological polar surface area (TPSA) is 84.7 Å². The van der Waals surface area contributed by atoms with Gasteiger partial charge in [0, 0.05) is 12.6 Å². The lowest BCUT2D eigenvalue weighted by molar-refractivity contribution is -0.123. The van der Waals surface area contributed by atoms with Crippen LogP contribution < -0.4 is 10.6 Å². The SMILES string of the molecule is CCn1cnc2c(N[C@H](C(=O)NC3CCCCC3)C(C)C)ncnc21. The Balaban J connectivity index is 1.77. The van der Waals surface area contributed by atoms with Crippen LogP contribution in [0.15, 0.2) is 12.7 Å². The highest BCUT2D eigenvalue weighted by Gasteiger charge is 2.26. The molecule has 0 unspecified atom stereocenters. The molecule has 1 aliphatic rings.